The molecule has 6 heteroatoms. The number of amides is 1. The van der Waals surface area contributed by atoms with E-state index in [1.165, 1.54) is 0 Å². The number of hydrogen-bond acceptors (Lipinski definition) is 4. The number of anilines is 1. The van der Waals surface area contributed by atoms with Gasteiger partial charge in [-0.15, -0.1) is 0 Å². The van der Waals surface area contributed by atoms with Crippen LogP contribution >= 0.6 is 0 Å². The number of aliphatic hydroxyl groups excluding tert-OH is 1. The third-order valence-corrected chi connectivity index (χ3v) is 5.58. The molecule has 1 heterocycles. The first-order valence-corrected chi connectivity index (χ1v) is 10.5. The van der Waals surface area contributed by atoms with E-state index in [4.69, 9.17) is 5.73 Å². The van der Waals surface area contributed by atoms with Crippen molar-refractivity contribution in [3.05, 3.63) is 59.8 Å². The predicted molar refractivity (Wildman–Crippen MR) is 125 cm³/mol. The summed E-state index contributed by atoms with van der Waals surface area (Å²) >= 11 is 0. The fraction of sp³-hybridized carbons (Fsp3) is 0.320. The van der Waals surface area contributed by atoms with Crippen molar-refractivity contribution in [2.24, 2.45) is 16.6 Å². The Morgan fingerprint density at radius 3 is 2.68 bits per heavy atom. The minimum Gasteiger partial charge on any atom is -0.394 e. The molecule has 0 radical (unpaired) electrons. The van der Waals surface area contributed by atoms with Gasteiger partial charge >= 0.3 is 0 Å². The van der Waals surface area contributed by atoms with Crippen molar-refractivity contribution in [3.63, 3.8) is 0 Å². The van der Waals surface area contributed by atoms with Gasteiger partial charge in [-0.3, -0.25) is 9.79 Å². The van der Waals surface area contributed by atoms with Crippen LogP contribution in [0.15, 0.2) is 53.7 Å². The molecule has 3 aromatic rings. The van der Waals surface area contributed by atoms with Gasteiger partial charge in [-0.25, -0.2) is 4.98 Å². The zero-order valence-corrected chi connectivity index (χ0v) is 18.1. The number of amidine groups is 1. The summed E-state index contributed by atoms with van der Waals surface area (Å²) in [6.07, 6.45) is 3.72. The number of benzene rings is 2. The average Bonchev–Trinajstić information content (AvgIpc) is 3.59. The molecule has 1 saturated carbocycles. The van der Waals surface area contributed by atoms with Gasteiger partial charge in [0.15, 0.2) is 0 Å². The second-order valence-corrected chi connectivity index (χ2v) is 8.89. The third kappa shape index (κ3) is 4.75. The van der Waals surface area contributed by atoms with Gasteiger partial charge in [-0.1, -0.05) is 24.3 Å². The fourth-order valence-electron chi connectivity index (χ4n) is 3.47. The van der Waals surface area contributed by atoms with E-state index >= 15 is 0 Å². The van der Waals surface area contributed by atoms with Gasteiger partial charge in [-0.2, -0.15) is 0 Å². The molecule has 0 unspecified atom stereocenters. The number of carbonyl (C=O) groups is 1. The highest BCUT2D eigenvalue weighted by Crippen LogP contribution is 2.31. The summed E-state index contributed by atoms with van der Waals surface area (Å²) in [5, 5.41) is 14.4. The molecular formula is C25H28N4O2. The number of carbonyl (C=O) groups excluding carboxylic acids is 1. The fourth-order valence-corrected chi connectivity index (χ4v) is 3.47. The maximum absolute atomic E-state index is 12.0. The second kappa shape index (κ2) is 8.12. The van der Waals surface area contributed by atoms with Crippen LogP contribution in [0.5, 0.6) is 0 Å². The molecule has 1 fully saturated rings. The zero-order chi connectivity index (χ0) is 22.2. The third-order valence-electron chi connectivity index (χ3n) is 5.58. The Labute approximate surface area is 182 Å². The Morgan fingerprint density at radius 1 is 1.19 bits per heavy atom. The smallest absolute Gasteiger partial charge is 0.228 e. The topological polar surface area (TPSA) is 101 Å². The van der Waals surface area contributed by atoms with Crippen molar-refractivity contribution < 1.29 is 9.90 Å². The molecule has 0 atom stereocenters. The van der Waals surface area contributed by atoms with Crippen molar-refractivity contribution in [2.75, 3.05) is 11.9 Å². The van der Waals surface area contributed by atoms with Crippen LogP contribution in [0.2, 0.25) is 0 Å². The standard InChI is InChI=1S/C25H28N4O2/c1-15-4-5-19(23(26)29-25(2,3)14-30)11-21(15)18-9-8-17-12-22(27-13-20(17)10-18)28-24(31)16-6-7-16/h4-5,8-13,16,30H,6-7,14H2,1-3H3,(H2,26,29)(H,27,28,31). The van der Waals surface area contributed by atoms with E-state index < -0.39 is 5.54 Å². The Balaban J connectivity index is 1.65. The molecule has 1 aliphatic carbocycles. The molecule has 1 aliphatic rings. The highest BCUT2D eigenvalue weighted by Gasteiger charge is 2.29. The second-order valence-electron chi connectivity index (χ2n) is 8.89. The number of rotatable bonds is 6. The first kappa shape index (κ1) is 21.0. The van der Waals surface area contributed by atoms with Gasteiger partial charge in [0.1, 0.15) is 11.7 Å². The maximum Gasteiger partial charge on any atom is 0.228 e. The van der Waals surface area contributed by atoms with Gasteiger partial charge < -0.3 is 16.2 Å². The van der Waals surface area contributed by atoms with Crippen molar-refractivity contribution in [1.29, 1.82) is 0 Å². The molecule has 6 nitrogen and oxygen atoms in total. The van der Waals surface area contributed by atoms with E-state index in [0.717, 1.165) is 45.9 Å². The van der Waals surface area contributed by atoms with Crippen LogP contribution in [0, 0.1) is 12.8 Å². The SMILES string of the molecule is Cc1ccc(C(N)=NC(C)(C)CO)cc1-c1ccc2cc(NC(=O)C3CC3)ncc2c1. The molecule has 2 aromatic carbocycles. The van der Waals surface area contributed by atoms with Gasteiger partial charge in [0.2, 0.25) is 5.91 Å². The van der Waals surface area contributed by atoms with Crippen molar-refractivity contribution in [2.45, 2.75) is 39.2 Å². The lowest BCUT2D eigenvalue weighted by Gasteiger charge is -2.18. The normalized spacial score (nSPS) is 14.6. The maximum atomic E-state index is 12.0. The Bertz CT molecular complexity index is 1180. The first-order valence-electron chi connectivity index (χ1n) is 10.5. The Kier molecular flexibility index (Phi) is 5.50. The summed E-state index contributed by atoms with van der Waals surface area (Å²) in [6.45, 7) is 5.66. The zero-order valence-electron chi connectivity index (χ0n) is 18.1. The number of nitrogens with zero attached hydrogens (tertiary/aromatic N) is 2. The molecule has 160 valence electrons. The molecule has 31 heavy (non-hydrogen) atoms. The molecule has 0 aliphatic heterocycles. The largest absolute Gasteiger partial charge is 0.394 e. The van der Waals surface area contributed by atoms with Crippen LogP contribution in [-0.4, -0.2) is 34.0 Å². The first-order chi connectivity index (χ1) is 14.8. The minimum absolute atomic E-state index is 0.0551. The van der Waals surface area contributed by atoms with Crippen molar-refractivity contribution >= 4 is 28.3 Å². The number of pyridine rings is 1. The molecule has 4 N–H and O–H groups in total. The van der Waals surface area contributed by atoms with E-state index in [-0.39, 0.29) is 18.4 Å². The van der Waals surface area contributed by atoms with Crippen LogP contribution in [0.25, 0.3) is 21.9 Å². The quantitative estimate of drug-likeness (QED) is 0.417. The molecule has 1 aromatic heterocycles. The lowest BCUT2D eigenvalue weighted by Crippen LogP contribution is -2.27. The Morgan fingerprint density at radius 2 is 1.97 bits per heavy atom. The van der Waals surface area contributed by atoms with Crippen LogP contribution in [0.4, 0.5) is 5.82 Å². The number of nitrogens with two attached hydrogens (primary N) is 1. The van der Waals surface area contributed by atoms with E-state index in [0.29, 0.717) is 11.7 Å². The Hall–Kier alpha value is -3.25. The number of aromatic nitrogens is 1. The molecule has 0 saturated heterocycles. The van der Waals surface area contributed by atoms with Gasteiger partial charge in [0, 0.05) is 23.1 Å². The highest BCUT2D eigenvalue weighted by molar-refractivity contribution is 6.00. The van der Waals surface area contributed by atoms with Crippen molar-refractivity contribution in [1.82, 2.24) is 4.98 Å². The summed E-state index contributed by atoms with van der Waals surface area (Å²) in [5.41, 5.74) is 9.65. The number of aliphatic imine (C=N–C) groups is 1. The van der Waals surface area contributed by atoms with Crippen LogP contribution in [0.1, 0.15) is 37.8 Å². The van der Waals surface area contributed by atoms with Gasteiger partial charge in [0.05, 0.1) is 12.1 Å². The van der Waals surface area contributed by atoms with Crippen LogP contribution < -0.4 is 11.1 Å². The monoisotopic (exact) mass is 416 g/mol. The molecular weight excluding hydrogens is 388 g/mol. The summed E-state index contributed by atoms with van der Waals surface area (Å²) < 4.78 is 0. The highest BCUT2D eigenvalue weighted by atomic mass is 16.3. The predicted octanol–water partition coefficient (Wildman–Crippen LogP) is 4.03. The van der Waals surface area contributed by atoms with E-state index in [9.17, 15) is 9.90 Å². The van der Waals surface area contributed by atoms with Gasteiger partial charge in [0.25, 0.3) is 0 Å². The number of aliphatic hydroxyl groups is 1. The van der Waals surface area contributed by atoms with E-state index in [2.05, 4.69) is 34.3 Å². The molecule has 0 bridgehead atoms. The van der Waals surface area contributed by atoms with Crippen molar-refractivity contribution in [3.8, 4) is 11.1 Å². The van der Waals surface area contributed by atoms with Crippen LogP contribution in [0.3, 0.4) is 0 Å². The molecule has 0 spiro atoms. The lowest BCUT2D eigenvalue weighted by atomic mass is 9.96. The number of fused-ring (bicyclic) bond motifs is 1. The summed E-state index contributed by atoms with van der Waals surface area (Å²) in [6, 6.07) is 14.1. The van der Waals surface area contributed by atoms with E-state index in [1.54, 1.807) is 6.20 Å². The van der Waals surface area contributed by atoms with Crippen LogP contribution in [-0.2, 0) is 4.79 Å². The summed E-state index contributed by atoms with van der Waals surface area (Å²) in [4.78, 5) is 20.9. The average molecular weight is 417 g/mol. The van der Waals surface area contributed by atoms with Gasteiger partial charge in [-0.05, 0) is 73.9 Å². The minimum atomic E-state index is -0.629. The summed E-state index contributed by atoms with van der Waals surface area (Å²) in [7, 11) is 0. The van der Waals surface area contributed by atoms with E-state index in [1.807, 2.05) is 44.2 Å². The number of nitrogens with one attached hydrogen (secondary N) is 1. The number of aryl methyl sites for hydroxylation is 1. The lowest BCUT2D eigenvalue weighted by molar-refractivity contribution is -0.117. The molecule has 4 rings (SSSR count). The number of hydrogen-bond donors (Lipinski definition) is 3. The molecule has 1 amide bonds. The summed E-state index contributed by atoms with van der Waals surface area (Å²) in [5.74, 6) is 1.19.